The van der Waals surface area contributed by atoms with Crippen LogP contribution >= 0.6 is 23.2 Å². The zero-order valence-electron chi connectivity index (χ0n) is 25.0. The summed E-state index contributed by atoms with van der Waals surface area (Å²) in [6, 6.07) is 17.8. The molecule has 0 bridgehead atoms. The molecule has 6 rings (SSSR count). The van der Waals surface area contributed by atoms with Crippen molar-refractivity contribution < 1.29 is 23.9 Å². The van der Waals surface area contributed by atoms with Crippen LogP contribution in [0.15, 0.2) is 77.9 Å². The summed E-state index contributed by atoms with van der Waals surface area (Å²) in [7, 11) is 1.44. The van der Waals surface area contributed by atoms with E-state index in [1.807, 2.05) is 36.4 Å². The largest absolute Gasteiger partial charge is 0.480 e. The van der Waals surface area contributed by atoms with Gasteiger partial charge in [-0.15, -0.1) is 0 Å². The van der Waals surface area contributed by atoms with Crippen LogP contribution in [0.1, 0.15) is 28.8 Å². The number of benzene rings is 2. The van der Waals surface area contributed by atoms with E-state index < -0.39 is 6.09 Å². The number of aromatic nitrogens is 3. The highest BCUT2D eigenvalue weighted by Crippen LogP contribution is 2.42. The van der Waals surface area contributed by atoms with E-state index in [1.165, 1.54) is 17.7 Å². The Labute approximate surface area is 278 Å². The molecule has 0 spiro atoms. The van der Waals surface area contributed by atoms with Gasteiger partial charge < -0.3 is 20.1 Å². The van der Waals surface area contributed by atoms with Crippen LogP contribution in [0, 0.1) is 0 Å². The molecule has 1 atom stereocenters. The molecule has 0 saturated carbocycles. The molecule has 2 aromatic carbocycles. The number of rotatable bonds is 9. The van der Waals surface area contributed by atoms with Crippen molar-refractivity contribution in [2.75, 3.05) is 13.7 Å². The maximum absolute atomic E-state index is 13.2. The fourth-order valence-electron chi connectivity index (χ4n) is 5.37. The third-order valence-corrected chi connectivity index (χ3v) is 8.62. The molecule has 1 aliphatic rings. The minimum absolute atomic E-state index is 0.0486. The Hall–Kier alpha value is -5.26. The van der Waals surface area contributed by atoms with E-state index in [4.69, 9.17) is 32.7 Å². The second-order valence-corrected chi connectivity index (χ2v) is 11.5. The van der Waals surface area contributed by atoms with Crippen LogP contribution in [0.3, 0.4) is 0 Å². The molecule has 1 saturated heterocycles. The first-order valence-electron chi connectivity index (χ1n) is 14.6. The summed E-state index contributed by atoms with van der Waals surface area (Å²) in [5.74, 6) is 0.146. The second kappa shape index (κ2) is 13.6. The number of carbonyl (C=O) groups excluding carboxylic acids is 3. The summed E-state index contributed by atoms with van der Waals surface area (Å²) >= 11 is 13.9. The normalized spacial score (nSPS) is 14.1. The summed E-state index contributed by atoms with van der Waals surface area (Å²) in [6.45, 7) is -0.0248. The van der Waals surface area contributed by atoms with Gasteiger partial charge in [-0.05, 0) is 36.2 Å². The van der Waals surface area contributed by atoms with Crippen LogP contribution in [0.5, 0.6) is 5.88 Å². The lowest BCUT2D eigenvalue weighted by atomic mass is 9.97. The number of halogens is 2. The monoisotopic (exact) mass is 671 g/mol. The lowest BCUT2D eigenvalue weighted by molar-refractivity contribution is -0.119. The average Bonchev–Trinajstić information content (AvgIpc) is 3.51. The van der Waals surface area contributed by atoms with Gasteiger partial charge in [-0.1, -0.05) is 59.6 Å². The van der Waals surface area contributed by atoms with Crippen LogP contribution in [-0.4, -0.2) is 52.4 Å². The number of ether oxygens (including phenoxy) is 2. The third-order valence-electron chi connectivity index (χ3n) is 7.80. The van der Waals surface area contributed by atoms with Crippen molar-refractivity contribution in [1.29, 1.82) is 0 Å². The lowest BCUT2D eigenvalue weighted by Crippen LogP contribution is -2.38. The van der Waals surface area contributed by atoms with Crippen molar-refractivity contribution in [1.82, 2.24) is 25.0 Å². The van der Waals surface area contributed by atoms with Gasteiger partial charge >= 0.3 is 6.09 Å². The first kappa shape index (κ1) is 31.7. The maximum atomic E-state index is 13.2. The molecule has 1 aliphatic heterocycles. The highest BCUT2D eigenvalue weighted by Gasteiger charge is 2.22. The fraction of sp³-hybridized carbons (Fsp3) is 0.176. The average molecular weight is 673 g/mol. The molecular weight excluding hydrogens is 645 g/mol. The number of carbonyl (C=O) groups is 3. The zero-order valence-corrected chi connectivity index (χ0v) is 26.5. The van der Waals surface area contributed by atoms with Crippen LogP contribution in [0.4, 0.5) is 4.79 Å². The molecule has 13 heteroatoms. The van der Waals surface area contributed by atoms with Crippen LogP contribution in [0.25, 0.3) is 39.2 Å². The van der Waals surface area contributed by atoms with Crippen molar-refractivity contribution in [3.8, 4) is 39.4 Å². The molecule has 0 radical (unpaired) electrons. The Morgan fingerprint density at radius 2 is 1.77 bits per heavy atom. The number of amides is 2. The molecule has 1 unspecified atom stereocenters. The van der Waals surface area contributed by atoms with Crippen molar-refractivity contribution >= 4 is 47.1 Å². The van der Waals surface area contributed by atoms with E-state index in [2.05, 4.69) is 20.6 Å². The molecule has 4 heterocycles. The first-order chi connectivity index (χ1) is 22.8. The molecule has 3 aromatic heterocycles. The maximum Gasteiger partial charge on any atom is 0.407 e. The second-order valence-electron chi connectivity index (χ2n) is 10.7. The number of hydrogen-bond donors (Lipinski definition) is 2. The number of methoxy groups -OCH3 is 1. The van der Waals surface area contributed by atoms with Gasteiger partial charge in [-0.25, -0.2) is 14.8 Å². The number of alkyl carbamates (subject to hydrolysis) is 1. The Bertz CT molecular complexity index is 2100. The van der Waals surface area contributed by atoms with Crippen LogP contribution in [0.2, 0.25) is 10.0 Å². The topological polar surface area (TPSA) is 141 Å². The predicted octanol–water partition coefficient (Wildman–Crippen LogP) is 5.72. The van der Waals surface area contributed by atoms with Gasteiger partial charge in [-0.2, -0.15) is 0 Å². The third kappa shape index (κ3) is 6.53. The van der Waals surface area contributed by atoms with Gasteiger partial charge in [-0.3, -0.25) is 18.8 Å². The lowest BCUT2D eigenvalue weighted by Gasteiger charge is -2.15. The smallest absolute Gasteiger partial charge is 0.407 e. The fourth-order valence-corrected chi connectivity index (χ4v) is 6.03. The molecule has 47 heavy (non-hydrogen) atoms. The van der Waals surface area contributed by atoms with E-state index in [9.17, 15) is 19.2 Å². The van der Waals surface area contributed by atoms with Gasteiger partial charge in [0.25, 0.3) is 5.56 Å². The van der Waals surface area contributed by atoms with E-state index in [-0.39, 0.29) is 42.1 Å². The number of nitrogens with zero attached hydrogens (tertiary/aromatic N) is 3. The summed E-state index contributed by atoms with van der Waals surface area (Å²) in [6.07, 6.45) is 4.01. The molecule has 238 valence electrons. The molecule has 1 fully saturated rings. The summed E-state index contributed by atoms with van der Waals surface area (Å²) in [5, 5.41) is 6.21. The number of pyridine rings is 2. The summed E-state index contributed by atoms with van der Waals surface area (Å²) < 4.78 is 11.8. The summed E-state index contributed by atoms with van der Waals surface area (Å²) in [5.41, 5.74) is 4.44. The number of aldehydes is 1. The minimum atomic E-state index is -0.696. The number of hydrogen-bond acceptors (Lipinski definition) is 8. The molecule has 2 N–H and O–H groups in total. The van der Waals surface area contributed by atoms with Gasteiger partial charge in [0.1, 0.15) is 12.3 Å². The minimum Gasteiger partial charge on any atom is -0.480 e. The van der Waals surface area contributed by atoms with Gasteiger partial charge in [0.2, 0.25) is 11.8 Å². The standard InChI is InChI=1S/C34H27Cl2N5O6/c1-46-32-20(17-42)8-10-27(40-32)26-7-3-6-25(31(26)36)24-5-2-4-23(30(24)35)19-12-13-41-28(14-19)37-15-21(33(41)44)18-47-34(45)38-16-22-9-11-29(43)39-22/h2-8,10,12-15,17,22H,9,11,16,18H2,1H3,(H,38,45)(H,39,43). The SMILES string of the molecule is COc1nc(-c2cccc(-c3cccc(-c4ccn5c(=O)c(COC(=O)NCC6CCC(=O)N6)cnc5c4)c3Cl)c2Cl)ccc1C=O. The molecule has 11 nitrogen and oxygen atoms in total. The summed E-state index contributed by atoms with van der Waals surface area (Å²) in [4.78, 5) is 56.8. The molecule has 0 aliphatic carbocycles. The van der Waals surface area contributed by atoms with Gasteiger partial charge in [0.15, 0.2) is 6.29 Å². The van der Waals surface area contributed by atoms with Crippen LogP contribution < -0.4 is 20.9 Å². The zero-order chi connectivity index (χ0) is 33.1. The Morgan fingerprint density at radius 1 is 1.04 bits per heavy atom. The highest BCUT2D eigenvalue weighted by atomic mass is 35.5. The Morgan fingerprint density at radius 3 is 2.47 bits per heavy atom. The van der Waals surface area contributed by atoms with E-state index in [0.29, 0.717) is 73.9 Å². The predicted molar refractivity (Wildman–Crippen MR) is 177 cm³/mol. The Balaban J connectivity index is 1.24. The molecule has 2 amide bonds. The number of fused-ring (bicyclic) bond motifs is 1. The van der Waals surface area contributed by atoms with Crippen molar-refractivity contribution in [3.63, 3.8) is 0 Å². The van der Waals surface area contributed by atoms with Gasteiger partial charge in [0, 0.05) is 53.7 Å². The molecular formula is C34H27Cl2N5O6. The van der Waals surface area contributed by atoms with E-state index in [1.54, 1.807) is 30.5 Å². The van der Waals surface area contributed by atoms with Crippen molar-refractivity contribution in [2.24, 2.45) is 0 Å². The van der Waals surface area contributed by atoms with Crippen LogP contribution in [-0.2, 0) is 16.1 Å². The first-order valence-corrected chi connectivity index (χ1v) is 15.3. The van der Waals surface area contributed by atoms with E-state index >= 15 is 0 Å². The van der Waals surface area contributed by atoms with Crippen molar-refractivity contribution in [2.45, 2.75) is 25.5 Å². The highest BCUT2D eigenvalue weighted by molar-refractivity contribution is 6.39. The van der Waals surface area contributed by atoms with Crippen molar-refractivity contribution in [3.05, 3.63) is 105 Å². The molecule has 5 aromatic rings. The van der Waals surface area contributed by atoms with Gasteiger partial charge in [0.05, 0.1) is 34.0 Å². The Kier molecular flexibility index (Phi) is 9.19. The number of nitrogens with one attached hydrogen (secondary N) is 2. The quantitative estimate of drug-likeness (QED) is 0.190. The van der Waals surface area contributed by atoms with E-state index in [0.717, 1.165) is 0 Å².